The number of para-hydroxylation sites is 2. The summed E-state index contributed by atoms with van der Waals surface area (Å²) < 4.78 is 2.00. The molecule has 0 saturated carbocycles. The number of hydrogen-bond donors (Lipinski definition) is 1. The number of benzene rings is 1. The van der Waals surface area contributed by atoms with E-state index in [1.165, 1.54) is 0 Å². The number of aliphatic hydroxyl groups excluding tert-OH is 1. The SMILES string of the molecule is Cc1cc(SCCO)n2c(nc3ccccc32)c1C#N. The number of aliphatic hydroxyl groups is 1. The molecule has 3 aromatic rings. The molecule has 1 aromatic carbocycles. The number of hydrogen-bond acceptors (Lipinski definition) is 4. The van der Waals surface area contributed by atoms with E-state index >= 15 is 0 Å². The van der Waals surface area contributed by atoms with Crippen LogP contribution in [0.2, 0.25) is 0 Å². The van der Waals surface area contributed by atoms with Crippen LogP contribution in [-0.4, -0.2) is 26.9 Å². The van der Waals surface area contributed by atoms with Crippen LogP contribution in [0.1, 0.15) is 11.1 Å². The van der Waals surface area contributed by atoms with Gasteiger partial charge in [0, 0.05) is 5.75 Å². The standard InChI is InChI=1S/C15H13N3OS/c1-10-8-14(20-7-6-19)18-13-5-3-2-4-12(13)17-15(18)11(10)9-16/h2-5,8,19H,6-7H2,1H3. The molecule has 0 bridgehead atoms. The minimum Gasteiger partial charge on any atom is -0.396 e. The van der Waals surface area contributed by atoms with Crippen LogP contribution >= 0.6 is 11.8 Å². The molecular formula is C15H13N3OS. The maximum absolute atomic E-state index is 9.36. The minimum absolute atomic E-state index is 0.123. The second-order valence-corrected chi connectivity index (χ2v) is 5.60. The van der Waals surface area contributed by atoms with Crippen molar-refractivity contribution in [1.82, 2.24) is 9.38 Å². The first-order valence-electron chi connectivity index (χ1n) is 6.31. The van der Waals surface area contributed by atoms with Gasteiger partial charge in [0.05, 0.1) is 28.2 Å². The molecule has 0 saturated heterocycles. The number of pyridine rings is 1. The van der Waals surface area contributed by atoms with Crippen molar-refractivity contribution in [3.63, 3.8) is 0 Å². The lowest BCUT2D eigenvalue weighted by Crippen LogP contribution is -1.98. The second kappa shape index (κ2) is 5.16. The Balaban J connectivity index is 2.41. The molecule has 0 aliphatic carbocycles. The monoisotopic (exact) mass is 283 g/mol. The predicted molar refractivity (Wildman–Crippen MR) is 80.0 cm³/mol. The highest BCUT2D eigenvalue weighted by Crippen LogP contribution is 2.28. The average molecular weight is 283 g/mol. The van der Waals surface area contributed by atoms with Crippen LogP contribution in [0.25, 0.3) is 16.7 Å². The maximum Gasteiger partial charge on any atom is 0.157 e. The molecule has 0 aliphatic rings. The molecule has 0 atom stereocenters. The summed E-state index contributed by atoms with van der Waals surface area (Å²) in [6, 6.07) is 12.1. The van der Waals surface area contributed by atoms with Gasteiger partial charge in [-0.15, -0.1) is 11.8 Å². The van der Waals surface area contributed by atoms with E-state index < -0.39 is 0 Å². The smallest absolute Gasteiger partial charge is 0.157 e. The fourth-order valence-corrected chi connectivity index (χ4v) is 3.18. The number of fused-ring (bicyclic) bond motifs is 3. The van der Waals surface area contributed by atoms with Gasteiger partial charge in [0.15, 0.2) is 5.65 Å². The number of nitriles is 1. The summed E-state index contributed by atoms with van der Waals surface area (Å²) >= 11 is 1.57. The summed E-state index contributed by atoms with van der Waals surface area (Å²) in [4.78, 5) is 4.58. The lowest BCUT2D eigenvalue weighted by molar-refractivity contribution is 0.322. The normalized spacial score (nSPS) is 11.1. The number of imidazole rings is 1. The molecule has 5 heteroatoms. The zero-order valence-corrected chi connectivity index (χ0v) is 11.8. The van der Waals surface area contributed by atoms with E-state index in [4.69, 9.17) is 5.11 Å². The van der Waals surface area contributed by atoms with Crippen LogP contribution in [0.15, 0.2) is 35.4 Å². The van der Waals surface area contributed by atoms with Gasteiger partial charge in [-0.2, -0.15) is 5.26 Å². The van der Waals surface area contributed by atoms with E-state index in [-0.39, 0.29) is 6.61 Å². The van der Waals surface area contributed by atoms with Gasteiger partial charge in [-0.1, -0.05) is 12.1 Å². The van der Waals surface area contributed by atoms with Crippen molar-refractivity contribution < 1.29 is 5.11 Å². The van der Waals surface area contributed by atoms with Crippen LogP contribution in [-0.2, 0) is 0 Å². The number of nitrogens with zero attached hydrogens (tertiary/aromatic N) is 3. The van der Waals surface area contributed by atoms with Crippen LogP contribution in [0.3, 0.4) is 0 Å². The molecule has 0 fully saturated rings. The molecule has 100 valence electrons. The Kier molecular flexibility index (Phi) is 3.35. The van der Waals surface area contributed by atoms with Crippen molar-refractivity contribution >= 4 is 28.4 Å². The molecule has 2 heterocycles. The molecular weight excluding hydrogens is 270 g/mol. The summed E-state index contributed by atoms with van der Waals surface area (Å²) in [5.74, 6) is 0.618. The quantitative estimate of drug-likeness (QED) is 0.751. The van der Waals surface area contributed by atoms with Crippen molar-refractivity contribution in [2.24, 2.45) is 0 Å². The third-order valence-corrected chi connectivity index (χ3v) is 4.18. The van der Waals surface area contributed by atoms with Gasteiger partial charge < -0.3 is 5.11 Å². The molecule has 0 aliphatic heterocycles. The van der Waals surface area contributed by atoms with E-state index in [2.05, 4.69) is 11.1 Å². The van der Waals surface area contributed by atoms with E-state index in [9.17, 15) is 5.26 Å². The van der Waals surface area contributed by atoms with Crippen molar-refractivity contribution in [3.8, 4) is 6.07 Å². The molecule has 4 nitrogen and oxygen atoms in total. The third-order valence-electron chi connectivity index (χ3n) is 3.19. The van der Waals surface area contributed by atoms with Gasteiger partial charge in [-0.25, -0.2) is 4.98 Å². The van der Waals surface area contributed by atoms with Crippen molar-refractivity contribution in [2.45, 2.75) is 11.9 Å². The summed E-state index contributed by atoms with van der Waals surface area (Å²) in [6.45, 7) is 2.04. The van der Waals surface area contributed by atoms with Crippen LogP contribution in [0, 0.1) is 18.3 Å². The Hall–Kier alpha value is -2.03. The van der Waals surface area contributed by atoms with Crippen molar-refractivity contribution in [2.75, 3.05) is 12.4 Å². The van der Waals surface area contributed by atoms with Crippen LogP contribution in [0.5, 0.6) is 0 Å². The Bertz CT molecular complexity index is 832. The zero-order chi connectivity index (χ0) is 14.1. The molecule has 0 amide bonds. The molecule has 20 heavy (non-hydrogen) atoms. The molecule has 3 rings (SSSR count). The Morgan fingerprint density at radius 3 is 2.95 bits per heavy atom. The Morgan fingerprint density at radius 1 is 1.40 bits per heavy atom. The molecule has 0 unspecified atom stereocenters. The Morgan fingerprint density at radius 2 is 2.20 bits per heavy atom. The number of thioether (sulfide) groups is 1. The minimum atomic E-state index is 0.123. The van der Waals surface area contributed by atoms with Gasteiger partial charge in [0.2, 0.25) is 0 Å². The van der Waals surface area contributed by atoms with Gasteiger partial charge in [-0.3, -0.25) is 4.40 Å². The maximum atomic E-state index is 9.36. The number of rotatable bonds is 3. The lowest BCUT2D eigenvalue weighted by Gasteiger charge is -2.08. The van der Waals surface area contributed by atoms with E-state index in [0.29, 0.717) is 17.0 Å². The highest BCUT2D eigenvalue weighted by molar-refractivity contribution is 7.99. The van der Waals surface area contributed by atoms with Gasteiger partial charge in [-0.05, 0) is 30.7 Å². The molecule has 2 aromatic heterocycles. The molecule has 0 spiro atoms. The largest absolute Gasteiger partial charge is 0.396 e. The highest BCUT2D eigenvalue weighted by Gasteiger charge is 2.14. The van der Waals surface area contributed by atoms with E-state index in [1.807, 2.05) is 41.7 Å². The lowest BCUT2D eigenvalue weighted by atomic mass is 10.2. The highest BCUT2D eigenvalue weighted by atomic mass is 32.2. The topological polar surface area (TPSA) is 61.3 Å². The molecule has 0 radical (unpaired) electrons. The average Bonchev–Trinajstić information content (AvgIpc) is 2.84. The Labute approximate surface area is 120 Å². The molecule has 1 N–H and O–H groups in total. The predicted octanol–water partition coefficient (Wildman–Crippen LogP) is 2.75. The zero-order valence-electron chi connectivity index (χ0n) is 11.0. The first-order chi connectivity index (χ1) is 9.76. The van der Waals surface area contributed by atoms with Crippen LogP contribution < -0.4 is 0 Å². The fourth-order valence-electron chi connectivity index (χ4n) is 2.31. The summed E-state index contributed by atoms with van der Waals surface area (Å²) in [5, 5.41) is 19.4. The second-order valence-electron chi connectivity index (χ2n) is 4.48. The van der Waals surface area contributed by atoms with Gasteiger partial charge >= 0.3 is 0 Å². The van der Waals surface area contributed by atoms with E-state index in [0.717, 1.165) is 21.6 Å². The summed E-state index contributed by atoms with van der Waals surface area (Å²) in [6.07, 6.45) is 0. The summed E-state index contributed by atoms with van der Waals surface area (Å²) in [7, 11) is 0. The summed E-state index contributed by atoms with van der Waals surface area (Å²) in [5.41, 5.74) is 4.07. The number of aryl methyl sites for hydroxylation is 1. The third kappa shape index (κ3) is 1.94. The van der Waals surface area contributed by atoms with Crippen LogP contribution in [0.4, 0.5) is 0 Å². The first-order valence-corrected chi connectivity index (χ1v) is 7.29. The van der Waals surface area contributed by atoms with Crippen molar-refractivity contribution in [1.29, 1.82) is 5.26 Å². The fraction of sp³-hybridized carbons (Fsp3) is 0.200. The first kappa shape index (κ1) is 13.0. The van der Waals surface area contributed by atoms with Gasteiger partial charge in [0.1, 0.15) is 6.07 Å². The van der Waals surface area contributed by atoms with E-state index in [1.54, 1.807) is 11.8 Å². The van der Waals surface area contributed by atoms with Crippen molar-refractivity contribution in [3.05, 3.63) is 41.5 Å². The van der Waals surface area contributed by atoms with Gasteiger partial charge in [0.25, 0.3) is 0 Å². The number of aromatic nitrogens is 2.